The number of nitro groups is 1. The zero-order chi connectivity index (χ0) is 15.2. The van der Waals surface area contributed by atoms with Crippen LogP contribution in [0.2, 0.25) is 0 Å². The van der Waals surface area contributed by atoms with Gasteiger partial charge in [0.2, 0.25) is 0 Å². The van der Waals surface area contributed by atoms with Crippen LogP contribution < -0.4 is 4.90 Å². The molecule has 110 valence electrons. The monoisotopic (exact) mass is 286 g/mol. The molecule has 0 fully saturated rings. The summed E-state index contributed by atoms with van der Waals surface area (Å²) in [6.45, 7) is 3.01. The molecule has 0 atom stereocenters. The molecule has 0 bridgehead atoms. The molecule has 21 heavy (non-hydrogen) atoms. The van der Waals surface area contributed by atoms with Crippen LogP contribution >= 0.6 is 0 Å². The SMILES string of the molecule is Cc1cc([N+](=O)[O-])ccc1N(CCO)Cc1ccccc1. The summed E-state index contributed by atoms with van der Waals surface area (Å²) in [5, 5.41) is 20.1. The lowest BCUT2D eigenvalue weighted by atomic mass is 10.1. The van der Waals surface area contributed by atoms with Crippen molar-refractivity contribution in [3.05, 3.63) is 69.8 Å². The summed E-state index contributed by atoms with van der Waals surface area (Å²) in [6, 6.07) is 14.7. The molecule has 2 aromatic rings. The van der Waals surface area contributed by atoms with Gasteiger partial charge in [0.15, 0.2) is 0 Å². The maximum absolute atomic E-state index is 10.8. The van der Waals surface area contributed by atoms with E-state index >= 15 is 0 Å². The minimum Gasteiger partial charge on any atom is -0.395 e. The number of rotatable bonds is 6. The molecular formula is C16H18N2O3. The third-order valence-electron chi connectivity index (χ3n) is 3.32. The molecule has 2 rings (SSSR count). The molecule has 0 unspecified atom stereocenters. The van der Waals surface area contributed by atoms with E-state index in [2.05, 4.69) is 0 Å². The van der Waals surface area contributed by atoms with Crippen molar-refractivity contribution in [2.75, 3.05) is 18.1 Å². The second kappa shape index (κ2) is 6.85. The van der Waals surface area contributed by atoms with Gasteiger partial charge < -0.3 is 10.0 Å². The first-order valence-electron chi connectivity index (χ1n) is 6.76. The quantitative estimate of drug-likeness (QED) is 0.655. The highest BCUT2D eigenvalue weighted by Gasteiger charge is 2.13. The maximum atomic E-state index is 10.8. The van der Waals surface area contributed by atoms with Crippen molar-refractivity contribution < 1.29 is 10.0 Å². The first-order valence-corrected chi connectivity index (χ1v) is 6.76. The molecule has 0 aliphatic carbocycles. The Hall–Kier alpha value is -2.40. The van der Waals surface area contributed by atoms with Crippen molar-refractivity contribution in [3.63, 3.8) is 0 Å². The van der Waals surface area contributed by atoms with Gasteiger partial charge in [-0.05, 0) is 24.1 Å². The van der Waals surface area contributed by atoms with E-state index in [-0.39, 0.29) is 12.3 Å². The van der Waals surface area contributed by atoms with Gasteiger partial charge in [-0.3, -0.25) is 10.1 Å². The van der Waals surface area contributed by atoms with Gasteiger partial charge in [0.05, 0.1) is 11.5 Å². The van der Waals surface area contributed by atoms with E-state index in [0.29, 0.717) is 13.1 Å². The van der Waals surface area contributed by atoms with Crippen LogP contribution in [0.1, 0.15) is 11.1 Å². The van der Waals surface area contributed by atoms with Crippen molar-refractivity contribution in [3.8, 4) is 0 Å². The van der Waals surface area contributed by atoms with Crippen molar-refractivity contribution in [2.45, 2.75) is 13.5 Å². The lowest BCUT2D eigenvalue weighted by Crippen LogP contribution is -2.26. The summed E-state index contributed by atoms with van der Waals surface area (Å²) >= 11 is 0. The Bertz CT molecular complexity index is 614. The smallest absolute Gasteiger partial charge is 0.269 e. The Morgan fingerprint density at radius 2 is 1.90 bits per heavy atom. The third kappa shape index (κ3) is 3.79. The van der Waals surface area contributed by atoms with E-state index in [1.807, 2.05) is 42.2 Å². The first kappa shape index (κ1) is 15.0. The number of hydrogen-bond acceptors (Lipinski definition) is 4. The Morgan fingerprint density at radius 3 is 2.48 bits per heavy atom. The third-order valence-corrected chi connectivity index (χ3v) is 3.32. The van der Waals surface area contributed by atoms with Crippen LogP contribution in [0.5, 0.6) is 0 Å². The minimum absolute atomic E-state index is 0.0310. The molecule has 0 aliphatic rings. The van der Waals surface area contributed by atoms with Crippen molar-refractivity contribution in [1.82, 2.24) is 0 Å². The highest BCUT2D eigenvalue weighted by atomic mass is 16.6. The van der Waals surface area contributed by atoms with Gasteiger partial charge in [0.25, 0.3) is 5.69 Å². The second-order valence-electron chi connectivity index (χ2n) is 4.86. The number of benzene rings is 2. The Morgan fingerprint density at radius 1 is 1.19 bits per heavy atom. The zero-order valence-corrected chi connectivity index (χ0v) is 11.9. The number of aliphatic hydroxyl groups is 1. The average molecular weight is 286 g/mol. The summed E-state index contributed by atoms with van der Waals surface area (Å²) in [6.07, 6.45) is 0. The normalized spacial score (nSPS) is 10.4. The summed E-state index contributed by atoms with van der Waals surface area (Å²) in [4.78, 5) is 12.4. The number of anilines is 1. The number of hydrogen-bond donors (Lipinski definition) is 1. The van der Waals surface area contributed by atoms with Gasteiger partial charge in [-0.2, -0.15) is 0 Å². The highest BCUT2D eigenvalue weighted by Crippen LogP contribution is 2.26. The minimum atomic E-state index is -0.398. The van der Waals surface area contributed by atoms with Crippen LogP contribution in [0.25, 0.3) is 0 Å². The van der Waals surface area contributed by atoms with Crippen molar-refractivity contribution in [1.29, 1.82) is 0 Å². The molecule has 0 radical (unpaired) electrons. The van der Waals surface area contributed by atoms with Crippen LogP contribution in [0.3, 0.4) is 0 Å². The number of aryl methyl sites for hydroxylation is 1. The highest BCUT2D eigenvalue weighted by molar-refractivity contribution is 5.57. The van der Waals surface area contributed by atoms with E-state index in [1.54, 1.807) is 12.1 Å². The number of non-ortho nitro benzene ring substituents is 1. The van der Waals surface area contributed by atoms with Gasteiger partial charge in [0, 0.05) is 30.9 Å². The zero-order valence-electron chi connectivity index (χ0n) is 11.9. The van der Waals surface area contributed by atoms with Crippen molar-refractivity contribution >= 4 is 11.4 Å². The van der Waals surface area contributed by atoms with Crippen molar-refractivity contribution in [2.24, 2.45) is 0 Å². The van der Waals surface area contributed by atoms with Crippen LogP contribution in [0.4, 0.5) is 11.4 Å². The molecule has 5 heteroatoms. The lowest BCUT2D eigenvalue weighted by molar-refractivity contribution is -0.384. The largest absolute Gasteiger partial charge is 0.395 e. The van der Waals surface area contributed by atoms with Gasteiger partial charge in [-0.15, -0.1) is 0 Å². The van der Waals surface area contributed by atoms with Gasteiger partial charge in [0.1, 0.15) is 0 Å². The van der Waals surface area contributed by atoms with Crippen LogP contribution in [-0.2, 0) is 6.54 Å². The maximum Gasteiger partial charge on any atom is 0.269 e. The molecule has 0 heterocycles. The number of nitro benzene ring substituents is 1. The molecule has 0 saturated carbocycles. The van der Waals surface area contributed by atoms with Crippen LogP contribution in [0.15, 0.2) is 48.5 Å². The van der Waals surface area contributed by atoms with E-state index < -0.39 is 4.92 Å². The molecule has 5 nitrogen and oxygen atoms in total. The van der Waals surface area contributed by atoms with E-state index in [4.69, 9.17) is 0 Å². The molecule has 1 N–H and O–H groups in total. The fourth-order valence-electron chi connectivity index (χ4n) is 2.32. The second-order valence-corrected chi connectivity index (χ2v) is 4.86. The van der Waals surface area contributed by atoms with Crippen LogP contribution in [0, 0.1) is 17.0 Å². The molecule has 0 aromatic heterocycles. The average Bonchev–Trinajstić information content (AvgIpc) is 2.48. The fraction of sp³-hybridized carbons (Fsp3) is 0.250. The van der Waals surface area contributed by atoms with Crippen LogP contribution in [-0.4, -0.2) is 23.2 Å². The number of aliphatic hydroxyl groups excluding tert-OH is 1. The Kier molecular flexibility index (Phi) is 4.90. The van der Waals surface area contributed by atoms with E-state index in [1.165, 1.54) is 6.07 Å². The van der Waals surface area contributed by atoms with Gasteiger partial charge in [-0.1, -0.05) is 30.3 Å². The van der Waals surface area contributed by atoms with E-state index in [9.17, 15) is 15.2 Å². The topological polar surface area (TPSA) is 66.6 Å². The molecule has 0 aliphatic heterocycles. The molecule has 0 amide bonds. The summed E-state index contributed by atoms with van der Waals surface area (Å²) in [5.74, 6) is 0. The molecular weight excluding hydrogens is 268 g/mol. The lowest BCUT2D eigenvalue weighted by Gasteiger charge is -2.25. The number of nitrogens with zero attached hydrogens (tertiary/aromatic N) is 2. The predicted octanol–water partition coefficient (Wildman–Crippen LogP) is 2.90. The Labute approximate surface area is 123 Å². The Balaban J connectivity index is 2.27. The summed E-state index contributed by atoms with van der Waals surface area (Å²) < 4.78 is 0. The summed E-state index contributed by atoms with van der Waals surface area (Å²) in [5.41, 5.74) is 2.94. The molecule has 2 aromatic carbocycles. The van der Waals surface area contributed by atoms with E-state index in [0.717, 1.165) is 16.8 Å². The van der Waals surface area contributed by atoms with Gasteiger partial charge in [-0.25, -0.2) is 0 Å². The first-order chi connectivity index (χ1) is 10.1. The molecule has 0 saturated heterocycles. The standard InChI is InChI=1S/C16H18N2O3/c1-13-11-15(18(20)21)7-8-16(13)17(9-10-19)12-14-5-3-2-4-6-14/h2-8,11,19H,9-10,12H2,1H3. The fourth-order valence-corrected chi connectivity index (χ4v) is 2.32. The van der Waals surface area contributed by atoms with Gasteiger partial charge >= 0.3 is 0 Å². The predicted molar refractivity (Wildman–Crippen MR) is 82.4 cm³/mol. The summed E-state index contributed by atoms with van der Waals surface area (Å²) in [7, 11) is 0. The molecule has 0 spiro atoms.